The van der Waals surface area contributed by atoms with Gasteiger partial charge in [-0.3, -0.25) is 0 Å². The van der Waals surface area contributed by atoms with Crippen LogP contribution in [0.3, 0.4) is 0 Å². The number of rotatable bonds is 5. The molecule has 0 aliphatic carbocycles. The summed E-state index contributed by atoms with van der Waals surface area (Å²) < 4.78 is 0. The van der Waals surface area contributed by atoms with Crippen molar-refractivity contribution in [1.29, 1.82) is 0 Å². The van der Waals surface area contributed by atoms with Gasteiger partial charge >= 0.3 is 0 Å². The van der Waals surface area contributed by atoms with E-state index >= 15 is 0 Å². The molecule has 0 spiro atoms. The first-order valence-corrected chi connectivity index (χ1v) is 7.90. The van der Waals surface area contributed by atoms with Gasteiger partial charge in [-0.2, -0.15) is 0 Å². The first-order chi connectivity index (χ1) is 9.22. The van der Waals surface area contributed by atoms with Crippen molar-refractivity contribution in [2.45, 2.75) is 40.2 Å². The second kappa shape index (κ2) is 6.95. The van der Waals surface area contributed by atoms with Crippen LogP contribution in [0.2, 0.25) is 0 Å². The van der Waals surface area contributed by atoms with E-state index in [1.54, 1.807) is 4.90 Å². The summed E-state index contributed by atoms with van der Waals surface area (Å²) in [6.45, 7) is 12.9. The second-order valence-electron chi connectivity index (χ2n) is 5.97. The molecule has 19 heavy (non-hydrogen) atoms. The van der Waals surface area contributed by atoms with Crippen molar-refractivity contribution in [3.05, 3.63) is 29.8 Å². The zero-order chi connectivity index (χ0) is 13.7. The summed E-state index contributed by atoms with van der Waals surface area (Å²) in [6.07, 6.45) is 2.82. The Morgan fingerprint density at radius 2 is 1.84 bits per heavy atom. The van der Waals surface area contributed by atoms with Crippen molar-refractivity contribution in [2.24, 2.45) is 5.92 Å². The van der Waals surface area contributed by atoms with Crippen molar-refractivity contribution in [3.63, 3.8) is 0 Å². The summed E-state index contributed by atoms with van der Waals surface area (Å²) in [4.78, 5) is 4.16. The lowest BCUT2D eigenvalue weighted by Crippen LogP contribution is -3.12. The molecule has 1 aliphatic heterocycles. The van der Waals surface area contributed by atoms with Crippen molar-refractivity contribution >= 4 is 5.69 Å². The summed E-state index contributed by atoms with van der Waals surface area (Å²) in [5.41, 5.74) is 2.84. The van der Waals surface area contributed by atoms with Crippen molar-refractivity contribution < 1.29 is 4.90 Å². The molecule has 2 rings (SSSR count). The third-order valence-corrected chi connectivity index (χ3v) is 4.38. The average molecular weight is 261 g/mol. The van der Waals surface area contributed by atoms with Gasteiger partial charge in [0.05, 0.1) is 13.1 Å². The van der Waals surface area contributed by atoms with Gasteiger partial charge in [-0.25, -0.2) is 0 Å². The number of hydrogen-bond acceptors (Lipinski definition) is 1. The van der Waals surface area contributed by atoms with E-state index < -0.39 is 0 Å². The standard InChI is InChI=1S/C17H28N2/c1-4-19(5-2)17-10-8-16(9-11-17)14-18-12-6-7-15(3)13-18/h8-11,15H,4-7,12-14H2,1-3H3/p+1/t15-/m0/s1. The first kappa shape index (κ1) is 14.4. The number of piperidine rings is 1. The molecular formula is C17H29N2+. The minimum Gasteiger partial charge on any atom is -0.372 e. The maximum Gasteiger partial charge on any atom is 0.103 e. The predicted octanol–water partition coefficient (Wildman–Crippen LogP) is 2.35. The van der Waals surface area contributed by atoms with E-state index in [4.69, 9.17) is 0 Å². The Labute approximate surface area is 118 Å². The number of benzene rings is 1. The van der Waals surface area contributed by atoms with Crippen molar-refractivity contribution in [1.82, 2.24) is 0 Å². The molecule has 1 saturated heterocycles. The lowest BCUT2D eigenvalue weighted by molar-refractivity contribution is -0.922. The van der Waals surface area contributed by atoms with E-state index in [0.29, 0.717) is 0 Å². The lowest BCUT2D eigenvalue weighted by Gasteiger charge is -2.28. The smallest absolute Gasteiger partial charge is 0.103 e. The predicted molar refractivity (Wildman–Crippen MR) is 82.8 cm³/mol. The molecule has 1 fully saturated rings. The fourth-order valence-corrected chi connectivity index (χ4v) is 3.26. The Morgan fingerprint density at radius 3 is 2.42 bits per heavy atom. The van der Waals surface area contributed by atoms with Crippen LogP contribution in [-0.2, 0) is 6.54 Å². The number of hydrogen-bond donors (Lipinski definition) is 1. The summed E-state index contributed by atoms with van der Waals surface area (Å²) in [6, 6.07) is 9.21. The molecule has 0 bridgehead atoms. The van der Waals surface area contributed by atoms with Crippen LogP contribution in [0.4, 0.5) is 5.69 Å². The Morgan fingerprint density at radius 1 is 1.16 bits per heavy atom. The monoisotopic (exact) mass is 261 g/mol. The minimum absolute atomic E-state index is 0.902. The maximum atomic E-state index is 2.40. The highest BCUT2D eigenvalue weighted by Crippen LogP contribution is 2.14. The van der Waals surface area contributed by atoms with E-state index in [2.05, 4.69) is 49.9 Å². The summed E-state index contributed by atoms with van der Waals surface area (Å²) in [5.74, 6) is 0.902. The van der Waals surface area contributed by atoms with Crippen LogP contribution < -0.4 is 9.80 Å². The molecule has 0 radical (unpaired) electrons. The largest absolute Gasteiger partial charge is 0.372 e. The van der Waals surface area contributed by atoms with Gasteiger partial charge in [0.2, 0.25) is 0 Å². The molecule has 2 nitrogen and oxygen atoms in total. The highest BCUT2D eigenvalue weighted by atomic mass is 15.1. The summed E-state index contributed by atoms with van der Waals surface area (Å²) >= 11 is 0. The van der Waals surface area contributed by atoms with Gasteiger partial charge < -0.3 is 9.80 Å². The third kappa shape index (κ3) is 3.97. The van der Waals surface area contributed by atoms with Crippen LogP contribution in [0.1, 0.15) is 39.2 Å². The van der Waals surface area contributed by atoms with Crippen molar-refractivity contribution in [2.75, 3.05) is 31.1 Å². The molecule has 0 aromatic heterocycles. The molecule has 1 heterocycles. The number of likely N-dealkylation sites (tertiary alicyclic amines) is 1. The van der Waals surface area contributed by atoms with Gasteiger partial charge in [-0.05, 0) is 38.8 Å². The number of quaternary nitrogens is 1. The van der Waals surface area contributed by atoms with Gasteiger partial charge in [0.15, 0.2) is 0 Å². The third-order valence-electron chi connectivity index (χ3n) is 4.38. The van der Waals surface area contributed by atoms with Crippen LogP contribution in [0.25, 0.3) is 0 Å². The minimum atomic E-state index is 0.902. The van der Waals surface area contributed by atoms with Crippen LogP contribution in [0.5, 0.6) is 0 Å². The highest BCUT2D eigenvalue weighted by molar-refractivity contribution is 5.47. The topological polar surface area (TPSA) is 7.68 Å². The first-order valence-electron chi connectivity index (χ1n) is 7.90. The summed E-state index contributed by atoms with van der Waals surface area (Å²) in [5, 5.41) is 0. The van der Waals surface area contributed by atoms with Gasteiger partial charge in [-0.15, -0.1) is 0 Å². The van der Waals surface area contributed by atoms with Gasteiger partial charge in [-0.1, -0.05) is 19.1 Å². The molecular weight excluding hydrogens is 232 g/mol. The molecule has 106 valence electrons. The molecule has 1 unspecified atom stereocenters. The van der Waals surface area contributed by atoms with Gasteiger partial charge in [0, 0.05) is 30.3 Å². The lowest BCUT2D eigenvalue weighted by atomic mass is 10.00. The van der Waals surface area contributed by atoms with Gasteiger partial charge in [0.25, 0.3) is 0 Å². The summed E-state index contributed by atoms with van der Waals surface area (Å²) in [7, 11) is 0. The number of anilines is 1. The quantitative estimate of drug-likeness (QED) is 0.855. The zero-order valence-corrected chi connectivity index (χ0v) is 12.8. The second-order valence-corrected chi connectivity index (χ2v) is 5.97. The molecule has 0 saturated carbocycles. The molecule has 1 aromatic carbocycles. The molecule has 1 aromatic rings. The van der Waals surface area contributed by atoms with Gasteiger partial charge in [0.1, 0.15) is 6.54 Å². The molecule has 0 amide bonds. The highest BCUT2D eigenvalue weighted by Gasteiger charge is 2.19. The Balaban J connectivity index is 1.94. The Bertz CT molecular complexity index is 367. The van der Waals surface area contributed by atoms with Crippen LogP contribution >= 0.6 is 0 Å². The fourth-order valence-electron chi connectivity index (χ4n) is 3.26. The van der Waals surface area contributed by atoms with E-state index in [0.717, 1.165) is 19.0 Å². The normalized spacial score (nSPS) is 23.3. The van der Waals surface area contributed by atoms with E-state index in [1.807, 2.05) is 0 Å². The van der Waals surface area contributed by atoms with E-state index in [9.17, 15) is 0 Å². The molecule has 1 N–H and O–H groups in total. The zero-order valence-electron chi connectivity index (χ0n) is 12.8. The molecule has 2 atom stereocenters. The number of nitrogens with zero attached hydrogens (tertiary/aromatic N) is 1. The van der Waals surface area contributed by atoms with Crippen LogP contribution in [-0.4, -0.2) is 26.2 Å². The molecule has 1 aliphatic rings. The SMILES string of the molecule is CCN(CC)c1ccc(C[NH+]2CCC[C@H](C)C2)cc1. The fraction of sp³-hybridized carbons (Fsp3) is 0.647. The average Bonchev–Trinajstić information content (AvgIpc) is 2.42. The Hall–Kier alpha value is -1.02. The molecule has 2 heteroatoms. The van der Waals surface area contributed by atoms with Crippen molar-refractivity contribution in [3.8, 4) is 0 Å². The van der Waals surface area contributed by atoms with Crippen LogP contribution in [0, 0.1) is 5.92 Å². The van der Waals surface area contributed by atoms with Crippen LogP contribution in [0.15, 0.2) is 24.3 Å². The van der Waals surface area contributed by atoms with E-state index in [-0.39, 0.29) is 0 Å². The maximum absolute atomic E-state index is 2.40. The van der Waals surface area contributed by atoms with E-state index in [1.165, 1.54) is 43.7 Å². The Kier molecular flexibility index (Phi) is 5.26. The number of nitrogens with one attached hydrogen (secondary N) is 1.